The summed E-state index contributed by atoms with van der Waals surface area (Å²) in [5.41, 5.74) is 2.91. The van der Waals surface area contributed by atoms with E-state index >= 15 is 0 Å². The number of anilines is 1. The molecule has 3 heterocycles. The second-order valence-electron chi connectivity index (χ2n) is 6.07. The molecule has 1 amide bonds. The molecule has 0 spiro atoms. The highest BCUT2D eigenvalue weighted by Crippen LogP contribution is 2.34. The number of hydrogen-bond donors (Lipinski definition) is 1. The van der Waals surface area contributed by atoms with Crippen molar-refractivity contribution in [3.05, 3.63) is 40.8 Å². The second-order valence-corrected chi connectivity index (χ2v) is 7.18. The van der Waals surface area contributed by atoms with Gasteiger partial charge in [0.25, 0.3) is 5.89 Å². The van der Waals surface area contributed by atoms with E-state index in [1.807, 2.05) is 30.3 Å². The van der Waals surface area contributed by atoms with Gasteiger partial charge in [-0.3, -0.25) is 4.79 Å². The van der Waals surface area contributed by atoms with Crippen LogP contribution in [0.25, 0.3) is 22.2 Å². The minimum absolute atomic E-state index is 0.0539. The number of benzene rings is 1. The van der Waals surface area contributed by atoms with Gasteiger partial charge in [0.05, 0.1) is 11.0 Å². The van der Waals surface area contributed by atoms with Crippen LogP contribution in [0, 0.1) is 0 Å². The molecular formula is C18H17N3O3S. The summed E-state index contributed by atoms with van der Waals surface area (Å²) in [7, 11) is 0. The first-order valence-electron chi connectivity index (χ1n) is 8.06. The van der Waals surface area contributed by atoms with Crippen LogP contribution in [0.4, 0.5) is 5.69 Å². The number of rotatable bonds is 3. The number of amides is 1. The highest BCUT2D eigenvalue weighted by Gasteiger charge is 2.23. The lowest BCUT2D eigenvalue weighted by molar-refractivity contribution is -0.116. The lowest BCUT2D eigenvalue weighted by atomic mass is 10.1. The van der Waals surface area contributed by atoms with Crippen LogP contribution in [0.1, 0.15) is 30.4 Å². The van der Waals surface area contributed by atoms with Crippen molar-refractivity contribution in [2.24, 2.45) is 0 Å². The molecule has 25 heavy (non-hydrogen) atoms. The van der Waals surface area contributed by atoms with Crippen LogP contribution in [0.3, 0.4) is 0 Å². The van der Waals surface area contributed by atoms with E-state index in [4.69, 9.17) is 4.52 Å². The Morgan fingerprint density at radius 3 is 2.92 bits per heavy atom. The van der Waals surface area contributed by atoms with Crippen molar-refractivity contribution in [3.63, 3.8) is 0 Å². The quantitative estimate of drug-likeness (QED) is 0.779. The van der Waals surface area contributed by atoms with Crippen LogP contribution < -0.4 is 4.90 Å². The third-order valence-electron chi connectivity index (χ3n) is 4.29. The van der Waals surface area contributed by atoms with E-state index in [0.717, 1.165) is 33.0 Å². The average Bonchev–Trinajstić information content (AvgIpc) is 3.31. The predicted octanol–water partition coefficient (Wildman–Crippen LogP) is 3.43. The maximum Gasteiger partial charge on any atom is 0.258 e. The van der Waals surface area contributed by atoms with Gasteiger partial charge in [-0.1, -0.05) is 5.16 Å². The minimum atomic E-state index is -0.508. The zero-order valence-corrected chi connectivity index (χ0v) is 14.7. The first kappa shape index (κ1) is 16.0. The number of fused-ring (bicyclic) bond motifs is 1. The van der Waals surface area contributed by atoms with Crippen molar-refractivity contribution in [3.8, 4) is 22.2 Å². The fraction of sp³-hybridized carbons (Fsp3) is 0.278. The van der Waals surface area contributed by atoms with Gasteiger partial charge in [-0.15, -0.1) is 11.3 Å². The van der Waals surface area contributed by atoms with Crippen molar-refractivity contribution in [1.82, 2.24) is 10.1 Å². The molecule has 1 atom stereocenters. The number of aliphatic hydroxyl groups excluding tert-OH is 1. The maximum absolute atomic E-state index is 11.6. The van der Waals surface area contributed by atoms with Crippen molar-refractivity contribution in [2.75, 3.05) is 11.4 Å². The molecule has 1 aliphatic rings. The Hall–Kier alpha value is -2.51. The molecule has 0 radical (unpaired) electrons. The topological polar surface area (TPSA) is 79.5 Å². The van der Waals surface area contributed by atoms with Crippen LogP contribution >= 0.6 is 11.3 Å². The maximum atomic E-state index is 11.6. The molecule has 7 heteroatoms. The molecule has 1 unspecified atom stereocenters. The third kappa shape index (κ3) is 2.85. The Morgan fingerprint density at radius 1 is 1.36 bits per heavy atom. The second kappa shape index (κ2) is 6.09. The lowest BCUT2D eigenvalue weighted by Crippen LogP contribution is -2.25. The molecular weight excluding hydrogens is 338 g/mol. The van der Waals surface area contributed by atoms with E-state index in [1.165, 1.54) is 11.3 Å². The number of aliphatic hydroxyl groups is 1. The summed E-state index contributed by atoms with van der Waals surface area (Å²) >= 11 is 1.45. The van der Waals surface area contributed by atoms with Crippen LogP contribution in [-0.2, 0) is 11.2 Å². The Morgan fingerprint density at radius 2 is 2.20 bits per heavy atom. The normalized spacial score (nSPS) is 14.6. The van der Waals surface area contributed by atoms with E-state index in [2.05, 4.69) is 10.1 Å². The van der Waals surface area contributed by atoms with E-state index < -0.39 is 6.10 Å². The van der Waals surface area contributed by atoms with Gasteiger partial charge < -0.3 is 14.5 Å². The summed E-state index contributed by atoms with van der Waals surface area (Å²) < 4.78 is 5.41. The van der Waals surface area contributed by atoms with E-state index in [-0.39, 0.29) is 5.91 Å². The first-order chi connectivity index (χ1) is 12.0. The van der Waals surface area contributed by atoms with Crippen LogP contribution in [0.2, 0.25) is 0 Å². The number of hydrogen-bond acceptors (Lipinski definition) is 6. The van der Waals surface area contributed by atoms with Crippen molar-refractivity contribution in [1.29, 1.82) is 0 Å². The van der Waals surface area contributed by atoms with Crippen molar-refractivity contribution in [2.45, 2.75) is 26.4 Å². The summed E-state index contributed by atoms with van der Waals surface area (Å²) in [6, 6.07) is 9.58. The first-order valence-corrected chi connectivity index (χ1v) is 8.88. The van der Waals surface area contributed by atoms with E-state index in [9.17, 15) is 9.90 Å². The molecule has 6 nitrogen and oxygen atoms in total. The lowest BCUT2D eigenvalue weighted by Gasteiger charge is -2.14. The van der Waals surface area contributed by atoms with Gasteiger partial charge in [0.2, 0.25) is 11.7 Å². The summed E-state index contributed by atoms with van der Waals surface area (Å²) in [6.45, 7) is 4.02. The molecule has 1 aromatic carbocycles. The van der Waals surface area contributed by atoms with Gasteiger partial charge in [0, 0.05) is 29.6 Å². The average molecular weight is 355 g/mol. The largest absolute Gasteiger partial charge is 0.388 e. The highest BCUT2D eigenvalue weighted by molar-refractivity contribution is 7.15. The zero-order valence-electron chi connectivity index (χ0n) is 13.9. The molecule has 1 N–H and O–H groups in total. The highest BCUT2D eigenvalue weighted by atomic mass is 32.1. The smallest absolute Gasteiger partial charge is 0.258 e. The summed E-state index contributed by atoms with van der Waals surface area (Å²) in [6.07, 6.45) is 0.318. The van der Waals surface area contributed by atoms with Crippen molar-refractivity contribution >= 4 is 22.9 Å². The number of carbonyl (C=O) groups excluding carboxylic acids is 1. The van der Waals surface area contributed by atoms with Gasteiger partial charge in [0.15, 0.2) is 0 Å². The van der Waals surface area contributed by atoms with Gasteiger partial charge >= 0.3 is 0 Å². The summed E-state index contributed by atoms with van der Waals surface area (Å²) in [5.74, 6) is 1.02. The zero-order chi connectivity index (χ0) is 17.6. The molecule has 0 fully saturated rings. The molecule has 0 saturated heterocycles. The van der Waals surface area contributed by atoms with Crippen LogP contribution in [0.15, 0.2) is 34.9 Å². The fourth-order valence-electron chi connectivity index (χ4n) is 3.00. The molecule has 4 rings (SSSR count). The van der Waals surface area contributed by atoms with Crippen molar-refractivity contribution < 1.29 is 14.4 Å². The minimum Gasteiger partial charge on any atom is -0.388 e. The molecule has 128 valence electrons. The number of nitrogens with zero attached hydrogens (tertiary/aromatic N) is 3. The Labute approximate surface area is 148 Å². The van der Waals surface area contributed by atoms with Crippen LogP contribution in [-0.4, -0.2) is 27.7 Å². The standard InChI is InChI=1S/C18H17N3O3S/c1-10(22)15-5-6-16(25-15)17-19-18(24-20-17)13-3-4-14-12(9-13)7-8-21(14)11(2)23/h3-6,9-10,22H,7-8H2,1-2H3. The van der Waals surface area contributed by atoms with E-state index in [0.29, 0.717) is 18.3 Å². The Kier molecular flexibility index (Phi) is 3.89. The molecule has 2 aromatic heterocycles. The number of aromatic nitrogens is 2. The number of thiophene rings is 1. The molecule has 0 aliphatic carbocycles. The summed E-state index contributed by atoms with van der Waals surface area (Å²) in [4.78, 5) is 19.6. The number of carbonyl (C=O) groups is 1. The van der Waals surface area contributed by atoms with E-state index in [1.54, 1.807) is 18.7 Å². The molecule has 1 aliphatic heterocycles. The summed E-state index contributed by atoms with van der Waals surface area (Å²) in [5, 5.41) is 13.7. The Balaban J connectivity index is 1.63. The monoisotopic (exact) mass is 355 g/mol. The Bertz CT molecular complexity index is 945. The SMILES string of the molecule is CC(=O)N1CCc2cc(-c3nc(-c4ccc(C(C)O)s4)no3)ccc21. The van der Waals surface area contributed by atoms with Crippen LogP contribution in [0.5, 0.6) is 0 Å². The fourth-order valence-corrected chi connectivity index (χ4v) is 3.87. The predicted molar refractivity (Wildman–Crippen MR) is 95.4 cm³/mol. The van der Waals surface area contributed by atoms with Gasteiger partial charge in [-0.25, -0.2) is 0 Å². The van der Waals surface area contributed by atoms with Gasteiger partial charge in [0.1, 0.15) is 0 Å². The molecule has 0 bridgehead atoms. The molecule has 0 saturated carbocycles. The third-order valence-corrected chi connectivity index (χ3v) is 5.54. The van der Waals surface area contributed by atoms with Gasteiger partial charge in [-0.2, -0.15) is 4.98 Å². The van der Waals surface area contributed by atoms with Gasteiger partial charge in [-0.05, 0) is 49.2 Å². The molecule has 3 aromatic rings.